The summed E-state index contributed by atoms with van der Waals surface area (Å²) in [5.74, 6) is 1.62. The minimum absolute atomic E-state index is 0.125. The topological polar surface area (TPSA) is 63.7 Å². The zero-order valence-corrected chi connectivity index (χ0v) is 18.1. The Morgan fingerprint density at radius 3 is 2.63 bits per heavy atom. The van der Waals surface area contributed by atoms with Crippen molar-refractivity contribution in [3.8, 4) is 0 Å². The maximum absolute atomic E-state index is 12.8. The van der Waals surface area contributed by atoms with Gasteiger partial charge in [0.1, 0.15) is 5.76 Å². The summed E-state index contributed by atoms with van der Waals surface area (Å²) in [6.45, 7) is 3.89. The van der Waals surface area contributed by atoms with Crippen molar-refractivity contribution in [2.24, 2.45) is 7.05 Å². The number of hydrogen-bond acceptors (Lipinski definition) is 6. The molecule has 7 nitrogen and oxygen atoms in total. The van der Waals surface area contributed by atoms with Crippen LogP contribution in [0, 0.1) is 0 Å². The van der Waals surface area contributed by atoms with Gasteiger partial charge in [-0.2, -0.15) is 0 Å². The molecule has 4 rings (SSSR count). The van der Waals surface area contributed by atoms with Gasteiger partial charge >= 0.3 is 0 Å². The second-order valence-electron chi connectivity index (χ2n) is 7.30. The fourth-order valence-electron chi connectivity index (χ4n) is 3.36. The van der Waals surface area contributed by atoms with Crippen LogP contribution in [-0.2, 0) is 24.1 Å². The van der Waals surface area contributed by atoms with Crippen LogP contribution in [0.25, 0.3) is 0 Å². The fourth-order valence-corrected chi connectivity index (χ4v) is 4.19. The minimum atomic E-state index is -0.125. The number of rotatable bonds is 7. The molecule has 0 N–H and O–H groups in total. The molecule has 0 aliphatic carbocycles. The molecule has 1 saturated heterocycles. The maximum atomic E-state index is 12.8. The van der Waals surface area contributed by atoms with E-state index in [9.17, 15) is 4.79 Å². The predicted molar refractivity (Wildman–Crippen MR) is 117 cm³/mol. The summed E-state index contributed by atoms with van der Waals surface area (Å²) in [5.41, 5.74) is 2.27. The molecule has 0 atom stereocenters. The highest BCUT2D eigenvalue weighted by Crippen LogP contribution is 2.23. The molecule has 1 aliphatic heterocycles. The fraction of sp³-hybridized carbons (Fsp3) is 0.364. The average Bonchev–Trinajstić information content (AvgIpc) is 3.41. The third-order valence-corrected chi connectivity index (χ3v) is 6.15. The molecule has 3 aromatic rings. The Hall–Kier alpha value is -2.71. The molecule has 158 valence electrons. The molecule has 0 saturated carbocycles. The molecule has 3 heterocycles. The van der Waals surface area contributed by atoms with E-state index in [1.165, 1.54) is 5.69 Å². The first-order valence-corrected chi connectivity index (χ1v) is 10.9. The lowest BCUT2D eigenvalue weighted by molar-refractivity contribution is 0.0752. The largest absolute Gasteiger partial charge is 0.455 e. The number of nitrogens with zero attached hydrogens (tertiary/aromatic N) is 4. The second-order valence-corrected chi connectivity index (χ2v) is 8.24. The van der Waals surface area contributed by atoms with E-state index in [0.29, 0.717) is 18.1 Å². The van der Waals surface area contributed by atoms with Crippen molar-refractivity contribution >= 4 is 23.4 Å². The first kappa shape index (κ1) is 20.6. The first-order chi connectivity index (χ1) is 14.6. The number of carbonyl (C=O) groups is 1. The van der Waals surface area contributed by atoms with Crippen LogP contribution >= 0.6 is 11.8 Å². The number of ether oxygens (including phenoxy) is 1. The molecule has 1 aromatic carbocycles. The van der Waals surface area contributed by atoms with E-state index < -0.39 is 0 Å². The van der Waals surface area contributed by atoms with E-state index in [1.54, 1.807) is 36.0 Å². The molecular weight excluding hydrogens is 400 g/mol. The third kappa shape index (κ3) is 4.88. The summed E-state index contributed by atoms with van der Waals surface area (Å²) in [6.07, 6.45) is 3.67. The van der Waals surface area contributed by atoms with Gasteiger partial charge < -0.3 is 23.5 Å². The molecule has 0 spiro atoms. The zero-order chi connectivity index (χ0) is 20.9. The van der Waals surface area contributed by atoms with E-state index in [2.05, 4.69) is 34.1 Å². The molecule has 0 unspecified atom stereocenters. The number of imidazole rings is 1. The van der Waals surface area contributed by atoms with E-state index in [0.717, 1.165) is 42.8 Å². The van der Waals surface area contributed by atoms with Gasteiger partial charge in [0.15, 0.2) is 10.9 Å². The lowest BCUT2D eigenvalue weighted by Gasteiger charge is -2.29. The highest BCUT2D eigenvalue weighted by molar-refractivity contribution is 7.98. The highest BCUT2D eigenvalue weighted by Gasteiger charge is 2.17. The summed E-state index contributed by atoms with van der Waals surface area (Å²) in [4.78, 5) is 21.0. The molecule has 30 heavy (non-hydrogen) atoms. The monoisotopic (exact) mass is 426 g/mol. The van der Waals surface area contributed by atoms with E-state index in [-0.39, 0.29) is 5.91 Å². The predicted octanol–water partition coefficient (Wildman–Crippen LogP) is 3.41. The number of thioether (sulfide) groups is 1. The Bertz CT molecular complexity index is 976. The lowest BCUT2D eigenvalue weighted by atomic mass is 10.1. The van der Waals surface area contributed by atoms with Crippen molar-refractivity contribution in [3.63, 3.8) is 0 Å². The molecule has 0 radical (unpaired) electrons. The molecular formula is C22H26N4O3S. The van der Waals surface area contributed by atoms with Crippen LogP contribution in [0.1, 0.15) is 21.9 Å². The summed E-state index contributed by atoms with van der Waals surface area (Å²) in [5, 5.41) is 0.914. The number of aryl methyl sites for hydroxylation is 1. The Kier molecular flexibility index (Phi) is 6.44. The quantitative estimate of drug-likeness (QED) is 0.540. The Labute approximate surface area is 180 Å². The van der Waals surface area contributed by atoms with Crippen molar-refractivity contribution in [3.05, 3.63) is 65.9 Å². The standard InChI is InChI=1S/C22H26N4O3S/c1-24-10-9-23-22(24)30-16-19-7-8-20(29-19)21(27)25(2)15-17-3-5-18(6-4-17)26-11-13-28-14-12-26/h3-10H,11-16H2,1-2H3. The number of aromatic nitrogens is 2. The molecule has 1 aliphatic rings. The SMILES string of the molecule is CN(Cc1ccc(N2CCOCC2)cc1)C(=O)c1ccc(CSc2nccn2C)o1. The van der Waals surface area contributed by atoms with Crippen LogP contribution in [0.15, 0.2) is 58.4 Å². The van der Waals surface area contributed by atoms with Gasteiger partial charge in [0, 0.05) is 51.8 Å². The van der Waals surface area contributed by atoms with Crippen LogP contribution < -0.4 is 4.90 Å². The van der Waals surface area contributed by atoms with Gasteiger partial charge in [-0.15, -0.1) is 0 Å². The Morgan fingerprint density at radius 2 is 1.93 bits per heavy atom. The zero-order valence-electron chi connectivity index (χ0n) is 17.3. The van der Waals surface area contributed by atoms with Crippen molar-refractivity contribution < 1.29 is 13.9 Å². The van der Waals surface area contributed by atoms with E-state index >= 15 is 0 Å². The van der Waals surface area contributed by atoms with E-state index in [1.807, 2.05) is 23.9 Å². The van der Waals surface area contributed by atoms with Crippen LogP contribution in [0.4, 0.5) is 5.69 Å². The number of anilines is 1. The second kappa shape index (κ2) is 9.40. The molecule has 1 amide bonds. The van der Waals surface area contributed by atoms with Crippen LogP contribution in [0.2, 0.25) is 0 Å². The Morgan fingerprint density at radius 1 is 1.17 bits per heavy atom. The van der Waals surface area contributed by atoms with Gasteiger partial charge in [-0.25, -0.2) is 4.98 Å². The van der Waals surface area contributed by atoms with Crippen molar-refractivity contribution in [2.45, 2.75) is 17.5 Å². The molecule has 1 fully saturated rings. The van der Waals surface area contributed by atoms with Crippen LogP contribution in [-0.4, -0.2) is 53.7 Å². The first-order valence-electron chi connectivity index (χ1n) is 9.96. The van der Waals surface area contributed by atoms with Gasteiger partial charge in [-0.05, 0) is 29.8 Å². The smallest absolute Gasteiger partial charge is 0.289 e. The van der Waals surface area contributed by atoms with Crippen molar-refractivity contribution in [1.29, 1.82) is 0 Å². The van der Waals surface area contributed by atoms with Gasteiger partial charge in [0.05, 0.1) is 19.0 Å². The van der Waals surface area contributed by atoms with Gasteiger partial charge in [-0.3, -0.25) is 4.79 Å². The molecule has 2 aromatic heterocycles. The van der Waals surface area contributed by atoms with Crippen LogP contribution in [0.5, 0.6) is 0 Å². The number of morpholine rings is 1. The number of furan rings is 1. The average molecular weight is 427 g/mol. The normalized spacial score (nSPS) is 14.1. The Balaban J connectivity index is 1.32. The van der Waals surface area contributed by atoms with Crippen molar-refractivity contribution in [2.75, 3.05) is 38.3 Å². The maximum Gasteiger partial charge on any atom is 0.289 e. The minimum Gasteiger partial charge on any atom is -0.455 e. The number of benzene rings is 1. The van der Waals surface area contributed by atoms with Crippen LogP contribution in [0.3, 0.4) is 0 Å². The third-order valence-electron chi connectivity index (χ3n) is 5.07. The summed E-state index contributed by atoms with van der Waals surface area (Å²) >= 11 is 1.58. The van der Waals surface area contributed by atoms with Crippen molar-refractivity contribution in [1.82, 2.24) is 14.5 Å². The summed E-state index contributed by atoms with van der Waals surface area (Å²) in [6, 6.07) is 12.0. The van der Waals surface area contributed by atoms with Gasteiger partial charge in [0.25, 0.3) is 5.91 Å². The lowest BCUT2D eigenvalue weighted by Crippen LogP contribution is -2.36. The summed E-state index contributed by atoms with van der Waals surface area (Å²) < 4.78 is 13.1. The number of carbonyl (C=O) groups excluding carboxylic acids is 1. The van der Waals surface area contributed by atoms with Gasteiger partial charge in [0.2, 0.25) is 0 Å². The highest BCUT2D eigenvalue weighted by atomic mass is 32.2. The van der Waals surface area contributed by atoms with Gasteiger partial charge in [-0.1, -0.05) is 23.9 Å². The molecule has 8 heteroatoms. The number of hydrogen-bond donors (Lipinski definition) is 0. The summed E-state index contributed by atoms with van der Waals surface area (Å²) in [7, 11) is 3.75. The van der Waals surface area contributed by atoms with E-state index in [4.69, 9.17) is 9.15 Å². The molecule has 0 bridgehead atoms. The number of amides is 1.